The van der Waals surface area contributed by atoms with Gasteiger partial charge in [0.05, 0.1) is 36.1 Å². The average Bonchev–Trinajstić information content (AvgIpc) is 3.19. The molecule has 0 bridgehead atoms. The Kier molecular flexibility index (Phi) is 11.8. The minimum absolute atomic E-state index is 0.0158. The molecule has 0 spiro atoms. The molecule has 0 aliphatic heterocycles. The van der Waals surface area contributed by atoms with Crippen molar-refractivity contribution in [1.29, 1.82) is 0 Å². The largest absolute Gasteiger partial charge is 0.465 e. The first-order valence-electron chi connectivity index (χ1n) is 12.0. The molecule has 1 aromatic heterocycles. The summed E-state index contributed by atoms with van der Waals surface area (Å²) in [4.78, 5) is 40.9. The fourth-order valence-corrected chi connectivity index (χ4v) is 4.80. The smallest absolute Gasteiger partial charge is 0.339 e. The number of thioether (sulfide) groups is 1. The molecular formula is C26H36ClN3O4S. The van der Waals surface area contributed by atoms with E-state index in [4.69, 9.17) is 16.3 Å². The van der Waals surface area contributed by atoms with Crippen LogP contribution >= 0.6 is 23.4 Å². The van der Waals surface area contributed by atoms with Crippen molar-refractivity contribution in [2.75, 3.05) is 12.9 Å². The van der Waals surface area contributed by atoms with Crippen LogP contribution in [0.15, 0.2) is 24.4 Å². The molecule has 1 aromatic carbocycles. The Morgan fingerprint density at radius 3 is 2.60 bits per heavy atom. The molecule has 0 unspecified atom stereocenters. The number of halogens is 1. The van der Waals surface area contributed by atoms with E-state index in [1.807, 2.05) is 6.07 Å². The second-order valence-corrected chi connectivity index (χ2v) is 10.6. The molecule has 7 nitrogen and oxygen atoms in total. The van der Waals surface area contributed by atoms with E-state index in [0.29, 0.717) is 35.3 Å². The number of nitrogens with one attached hydrogen (secondary N) is 1. The Bertz CT molecular complexity index is 1020. The van der Waals surface area contributed by atoms with Crippen LogP contribution in [0.3, 0.4) is 0 Å². The molecule has 1 N–H and O–H groups in total. The van der Waals surface area contributed by atoms with E-state index < -0.39 is 5.97 Å². The number of ether oxygens (including phenoxy) is 1. The maximum atomic E-state index is 13.0. The van der Waals surface area contributed by atoms with Gasteiger partial charge in [-0.2, -0.15) is 0 Å². The topological polar surface area (TPSA) is 90.3 Å². The Labute approximate surface area is 217 Å². The van der Waals surface area contributed by atoms with E-state index in [0.717, 1.165) is 42.8 Å². The standard InChI is InChI=1S/C26H36ClN3O4S/c1-6-7-8-24-28-13-21(14-29-25(32)20(11-17(2)3)16-35-18(4)31)30(24)15-19-9-10-22(23(27)12-19)26(33)34-5/h9-10,12-13,17,20H,6-8,11,14-16H2,1-5H3,(H,29,32)/t20-/m0/s1. The number of methoxy groups -OCH3 is 1. The van der Waals surface area contributed by atoms with Gasteiger partial charge in [0.1, 0.15) is 5.82 Å². The summed E-state index contributed by atoms with van der Waals surface area (Å²) in [6, 6.07) is 5.27. The molecule has 0 saturated carbocycles. The third-order valence-electron chi connectivity index (χ3n) is 5.61. The molecular weight excluding hydrogens is 486 g/mol. The number of hydrogen-bond acceptors (Lipinski definition) is 6. The van der Waals surface area contributed by atoms with Crippen LogP contribution < -0.4 is 5.32 Å². The fraction of sp³-hybridized carbons (Fsp3) is 0.538. The van der Waals surface area contributed by atoms with Crippen molar-refractivity contribution in [3.63, 3.8) is 0 Å². The lowest BCUT2D eigenvalue weighted by Crippen LogP contribution is -2.33. The molecule has 1 atom stereocenters. The minimum Gasteiger partial charge on any atom is -0.465 e. The monoisotopic (exact) mass is 521 g/mol. The molecule has 0 fully saturated rings. The predicted molar refractivity (Wildman–Crippen MR) is 141 cm³/mol. The minimum atomic E-state index is -0.477. The summed E-state index contributed by atoms with van der Waals surface area (Å²) in [5.74, 6) is 1.00. The summed E-state index contributed by atoms with van der Waals surface area (Å²) in [6.07, 6.45) is 5.39. The highest BCUT2D eigenvalue weighted by molar-refractivity contribution is 8.13. The van der Waals surface area contributed by atoms with Crippen LogP contribution in [0, 0.1) is 11.8 Å². The summed E-state index contributed by atoms with van der Waals surface area (Å²) in [6.45, 7) is 8.66. The second-order valence-electron chi connectivity index (χ2n) is 9.01. The van der Waals surface area contributed by atoms with Crippen molar-refractivity contribution in [1.82, 2.24) is 14.9 Å². The molecule has 1 amide bonds. The summed E-state index contributed by atoms with van der Waals surface area (Å²) in [5, 5.41) is 3.40. The number of aromatic nitrogens is 2. The lowest BCUT2D eigenvalue weighted by Gasteiger charge is -2.19. The quantitative estimate of drug-likeness (QED) is 0.361. The van der Waals surface area contributed by atoms with Crippen LogP contribution in [0.1, 0.15) is 74.4 Å². The van der Waals surface area contributed by atoms with E-state index in [2.05, 4.69) is 35.6 Å². The summed E-state index contributed by atoms with van der Waals surface area (Å²) in [7, 11) is 1.32. The molecule has 0 aliphatic carbocycles. The maximum absolute atomic E-state index is 13.0. The number of benzene rings is 1. The first kappa shape index (κ1) is 28.9. The first-order chi connectivity index (χ1) is 16.7. The highest BCUT2D eigenvalue weighted by Crippen LogP contribution is 2.22. The molecule has 0 saturated heterocycles. The molecule has 0 aliphatic rings. The summed E-state index contributed by atoms with van der Waals surface area (Å²) >= 11 is 7.52. The van der Waals surface area contributed by atoms with Gasteiger partial charge in [-0.05, 0) is 36.5 Å². The zero-order valence-corrected chi connectivity index (χ0v) is 22.8. The lowest BCUT2D eigenvalue weighted by atomic mass is 9.98. The van der Waals surface area contributed by atoms with Crippen LogP contribution in [-0.2, 0) is 33.8 Å². The Balaban J connectivity index is 2.21. The normalized spacial score (nSPS) is 12.0. The van der Waals surface area contributed by atoms with Crippen LogP contribution in [0.5, 0.6) is 0 Å². The molecule has 192 valence electrons. The highest BCUT2D eigenvalue weighted by Gasteiger charge is 2.21. The van der Waals surface area contributed by atoms with Crippen LogP contribution in [0.4, 0.5) is 0 Å². The molecule has 2 aromatic rings. The Morgan fingerprint density at radius 1 is 1.26 bits per heavy atom. The third-order valence-corrected chi connectivity index (χ3v) is 6.90. The number of carbonyl (C=O) groups is 3. The number of imidazole rings is 1. The SMILES string of the molecule is CCCCc1ncc(CNC(=O)[C@H](CSC(C)=O)CC(C)C)n1Cc1ccc(C(=O)OC)c(Cl)c1. The molecule has 9 heteroatoms. The van der Waals surface area contributed by atoms with Gasteiger partial charge < -0.3 is 14.6 Å². The fourth-order valence-electron chi connectivity index (χ4n) is 3.80. The van der Waals surface area contributed by atoms with Crippen molar-refractivity contribution in [3.8, 4) is 0 Å². The third kappa shape index (κ3) is 9.00. The van der Waals surface area contributed by atoms with Gasteiger partial charge in [0.15, 0.2) is 5.12 Å². The molecule has 0 radical (unpaired) electrons. The maximum Gasteiger partial charge on any atom is 0.339 e. The van der Waals surface area contributed by atoms with E-state index in [-0.39, 0.29) is 16.9 Å². The Hall–Kier alpha value is -2.32. The van der Waals surface area contributed by atoms with Gasteiger partial charge in [0, 0.05) is 31.6 Å². The van der Waals surface area contributed by atoms with Crippen molar-refractivity contribution < 1.29 is 19.1 Å². The van der Waals surface area contributed by atoms with Gasteiger partial charge in [0.2, 0.25) is 5.91 Å². The van der Waals surface area contributed by atoms with Crippen molar-refractivity contribution in [2.45, 2.75) is 66.5 Å². The van der Waals surface area contributed by atoms with Crippen LogP contribution in [0.25, 0.3) is 0 Å². The van der Waals surface area contributed by atoms with Gasteiger partial charge in [-0.25, -0.2) is 9.78 Å². The van der Waals surface area contributed by atoms with Crippen molar-refractivity contribution >= 4 is 40.4 Å². The van der Waals surface area contributed by atoms with E-state index in [1.54, 1.807) is 18.3 Å². The number of unbranched alkanes of at least 4 members (excludes halogenated alkanes) is 1. The van der Waals surface area contributed by atoms with Gasteiger partial charge in [-0.3, -0.25) is 9.59 Å². The summed E-state index contributed by atoms with van der Waals surface area (Å²) < 4.78 is 6.87. The highest BCUT2D eigenvalue weighted by atomic mass is 35.5. The number of hydrogen-bond donors (Lipinski definition) is 1. The van der Waals surface area contributed by atoms with Crippen molar-refractivity contribution in [3.05, 3.63) is 52.1 Å². The number of rotatable bonds is 13. The predicted octanol–water partition coefficient (Wildman–Crippen LogP) is 5.27. The van der Waals surface area contributed by atoms with Crippen LogP contribution in [-0.4, -0.2) is 39.4 Å². The second kappa shape index (κ2) is 14.3. The van der Waals surface area contributed by atoms with E-state index >= 15 is 0 Å². The van der Waals surface area contributed by atoms with Crippen LogP contribution in [0.2, 0.25) is 5.02 Å². The van der Waals surface area contributed by atoms with Crippen molar-refractivity contribution in [2.24, 2.45) is 11.8 Å². The zero-order valence-electron chi connectivity index (χ0n) is 21.2. The zero-order chi connectivity index (χ0) is 26.0. The van der Waals surface area contributed by atoms with Gasteiger partial charge in [-0.15, -0.1) is 0 Å². The molecule has 2 rings (SSSR count). The molecule has 35 heavy (non-hydrogen) atoms. The van der Waals surface area contributed by atoms with Gasteiger partial charge in [0.25, 0.3) is 0 Å². The van der Waals surface area contributed by atoms with Gasteiger partial charge in [-0.1, -0.05) is 56.6 Å². The van der Waals surface area contributed by atoms with Gasteiger partial charge >= 0.3 is 5.97 Å². The number of amides is 1. The Morgan fingerprint density at radius 2 is 2.00 bits per heavy atom. The number of aryl methyl sites for hydroxylation is 1. The number of carbonyl (C=O) groups excluding carboxylic acids is 3. The first-order valence-corrected chi connectivity index (χ1v) is 13.3. The average molecular weight is 522 g/mol. The van der Waals surface area contributed by atoms with E-state index in [9.17, 15) is 14.4 Å². The lowest BCUT2D eigenvalue weighted by molar-refractivity contribution is -0.125. The van der Waals surface area contributed by atoms with E-state index in [1.165, 1.54) is 25.8 Å². The number of esters is 1. The number of nitrogens with zero attached hydrogens (tertiary/aromatic N) is 2. The summed E-state index contributed by atoms with van der Waals surface area (Å²) in [5.41, 5.74) is 2.13. The molecule has 1 heterocycles.